The Kier molecular flexibility index (Phi) is 3.52. The summed E-state index contributed by atoms with van der Waals surface area (Å²) in [5.41, 5.74) is 0. The third-order valence-electron chi connectivity index (χ3n) is 3.23. The van der Waals surface area contributed by atoms with Gasteiger partial charge in [0.1, 0.15) is 0 Å². The molecular weight excluding hydrogens is 180 g/mol. The Labute approximate surface area is 85.4 Å². The maximum Gasteiger partial charge on any atom is 0.0194 e. The number of thioether (sulfide) groups is 1. The molecule has 3 heteroatoms. The van der Waals surface area contributed by atoms with Crippen molar-refractivity contribution in [2.24, 2.45) is 5.92 Å². The van der Waals surface area contributed by atoms with E-state index in [0.717, 1.165) is 12.0 Å². The summed E-state index contributed by atoms with van der Waals surface area (Å²) >= 11 is 2.13. The van der Waals surface area contributed by atoms with Crippen LogP contribution in [0.25, 0.3) is 0 Å². The van der Waals surface area contributed by atoms with Crippen LogP contribution in [0.4, 0.5) is 0 Å². The number of likely N-dealkylation sites (tertiary alicyclic amines) is 1. The zero-order valence-electron chi connectivity index (χ0n) is 8.46. The molecule has 2 fully saturated rings. The molecule has 1 N–H and O–H groups in total. The van der Waals surface area contributed by atoms with Crippen molar-refractivity contribution in [3.05, 3.63) is 0 Å². The van der Waals surface area contributed by atoms with Crippen LogP contribution in [0, 0.1) is 5.92 Å². The van der Waals surface area contributed by atoms with Crippen molar-refractivity contribution in [1.82, 2.24) is 10.2 Å². The van der Waals surface area contributed by atoms with Crippen molar-refractivity contribution in [1.29, 1.82) is 0 Å². The number of rotatable bonds is 3. The molecule has 2 heterocycles. The van der Waals surface area contributed by atoms with Gasteiger partial charge in [-0.25, -0.2) is 0 Å². The van der Waals surface area contributed by atoms with Crippen LogP contribution < -0.4 is 5.32 Å². The molecule has 0 amide bonds. The van der Waals surface area contributed by atoms with Crippen molar-refractivity contribution in [3.63, 3.8) is 0 Å². The Morgan fingerprint density at radius 1 is 1.46 bits per heavy atom. The summed E-state index contributed by atoms with van der Waals surface area (Å²) in [6, 6.07) is 0.909. The van der Waals surface area contributed by atoms with Gasteiger partial charge in [-0.2, -0.15) is 11.8 Å². The Morgan fingerprint density at radius 2 is 2.38 bits per heavy atom. The monoisotopic (exact) mass is 200 g/mol. The van der Waals surface area contributed by atoms with Gasteiger partial charge in [0.05, 0.1) is 0 Å². The molecule has 0 saturated carbocycles. The molecule has 2 rings (SSSR count). The van der Waals surface area contributed by atoms with Crippen molar-refractivity contribution in [2.45, 2.75) is 18.9 Å². The molecule has 2 nitrogen and oxygen atoms in total. The van der Waals surface area contributed by atoms with Gasteiger partial charge in [0.25, 0.3) is 0 Å². The van der Waals surface area contributed by atoms with E-state index < -0.39 is 0 Å². The third-order valence-corrected chi connectivity index (χ3v) is 4.38. The molecule has 0 aromatic heterocycles. The van der Waals surface area contributed by atoms with Crippen LogP contribution in [-0.4, -0.2) is 49.1 Å². The van der Waals surface area contributed by atoms with E-state index in [9.17, 15) is 0 Å². The van der Waals surface area contributed by atoms with Crippen molar-refractivity contribution < 1.29 is 0 Å². The lowest BCUT2D eigenvalue weighted by Crippen LogP contribution is -2.34. The molecule has 2 atom stereocenters. The molecule has 2 aliphatic heterocycles. The number of nitrogens with one attached hydrogen (secondary N) is 1. The summed E-state index contributed by atoms with van der Waals surface area (Å²) in [6.45, 7) is 3.89. The predicted octanol–water partition coefficient (Wildman–Crippen LogP) is 1.03. The fourth-order valence-corrected chi connectivity index (χ4v) is 3.71. The average molecular weight is 200 g/mol. The Balaban J connectivity index is 1.76. The molecule has 0 aromatic carbocycles. The summed E-state index contributed by atoms with van der Waals surface area (Å²) < 4.78 is 0. The minimum atomic E-state index is 0.909. The lowest BCUT2D eigenvalue weighted by molar-refractivity contribution is 0.253. The largest absolute Gasteiger partial charge is 0.319 e. The molecule has 0 bridgehead atoms. The summed E-state index contributed by atoms with van der Waals surface area (Å²) in [4.78, 5) is 2.71. The van der Waals surface area contributed by atoms with Crippen LogP contribution in [0.15, 0.2) is 0 Å². The lowest BCUT2D eigenvalue weighted by atomic mass is 10.1. The zero-order chi connectivity index (χ0) is 9.10. The van der Waals surface area contributed by atoms with Gasteiger partial charge in [0.2, 0.25) is 0 Å². The topological polar surface area (TPSA) is 15.3 Å². The maximum atomic E-state index is 3.29. The summed E-state index contributed by atoms with van der Waals surface area (Å²) in [6.07, 6.45) is 2.83. The molecule has 13 heavy (non-hydrogen) atoms. The third kappa shape index (κ3) is 2.39. The summed E-state index contributed by atoms with van der Waals surface area (Å²) in [5, 5.41) is 3.29. The van der Waals surface area contributed by atoms with Gasteiger partial charge < -0.3 is 5.32 Å². The van der Waals surface area contributed by atoms with E-state index in [4.69, 9.17) is 0 Å². The van der Waals surface area contributed by atoms with E-state index in [1.54, 1.807) is 0 Å². The first-order valence-electron chi connectivity index (χ1n) is 5.36. The SMILES string of the molecule is CNCC1CCN(C2CCSC2)C1. The Hall–Kier alpha value is 0.270. The highest BCUT2D eigenvalue weighted by Crippen LogP contribution is 2.27. The molecule has 0 aromatic rings. The number of hydrogen-bond donors (Lipinski definition) is 1. The van der Waals surface area contributed by atoms with Crippen LogP contribution in [0.2, 0.25) is 0 Å². The van der Waals surface area contributed by atoms with E-state index in [1.807, 2.05) is 0 Å². The molecule has 2 unspecified atom stereocenters. The quantitative estimate of drug-likeness (QED) is 0.732. The van der Waals surface area contributed by atoms with Crippen LogP contribution in [0.5, 0.6) is 0 Å². The van der Waals surface area contributed by atoms with Gasteiger partial charge in [-0.15, -0.1) is 0 Å². The normalized spacial score (nSPS) is 35.8. The molecule has 2 aliphatic rings. The average Bonchev–Trinajstić information content (AvgIpc) is 2.70. The van der Waals surface area contributed by atoms with Crippen molar-refractivity contribution in [3.8, 4) is 0 Å². The van der Waals surface area contributed by atoms with E-state index in [1.165, 1.54) is 44.0 Å². The van der Waals surface area contributed by atoms with Crippen LogP contribution in [0.1, 0.15) is 12.8 Å². The molecular formula is C10H20N2S. The van der Waals surface area contributed by atoms with Crippen LogP contribution >= 0.6 is 11.8 Å². The van der Waals surface area contributed by atoms with Gasteiger partial charge in [-0.1, -0.05) is 0 Å². The maximum absolute atomic E-state index is 3.29. The van der Waals surface area contributed by atoms with Gasteiger partial charge in [-0.05, 0) is 44.6 Å². The first-order chi connectivity index (χ1) is 6.40. The highest BCUT2D eigenvalue weighted by molar-refractivity contribution is 7.99. The summed E-state index contributed by atoms with van der Waals surface area (Å²) in [5.74, 6) is 3.68. The van der Waals surface area contributed by atoms with Gasteiger partial charge in [0.15, 0.2) is 0 Å². The number of nitrogens with zero attached hydrogens (tertiary/aromatic N) is 1. The summed E-state index contributed by atoms with van der Waals surface area (Å²) in [7, 11) is 2.06. The van der Waals surface area contributed by atoms with Crippen LogP contribution in [-0.2, 0) is 0 Å². The minimum Gasteiger partial charge on any atom is -0.319 e. The fourth-order valence-electron chi connectivity index (χ4n) is 2.46. The molecule has 0 radical (unpaired) electrons. The standard InChI is InChI=1S/C10H20N2S/c1-11-6-9-2-4-12(7-9)10-3-5-13-8-10/h9-11H,2-8H2,1H3. The second kappa shape index (κ2) is 4.67. The van der Waals surface area contributed by atoms with E-state index in [-0.39, 0.29) is 0 Å². The van der Waals surface area contributed by atoms with Gasteiger partial charge >= 0.3 is 0 Å². The number of hydrogen-bond acceptors (Lipinski definition) is 3. The smallest absolute Gasteiger partial charge is 0.0194 e. The minimum absolute atomic E-state index is 0.909. The van der Waals surface area contributed by atoms with E-state index in [0.29, 0.717) is 0 Å². The van der Waals surface area contributed by atoms with Crippen LogP contribution in [0.3, 0.4) is 0 Å². The van der Waals surface area contributed by atoms with Crippen molar-refractivity contribution in [2.75, 3.05) is 38.2 Å². The highest BCUT2D eigenvalue weighted by Gasteiger charge is 2.29. The van der Waals surface area contributed by atoms with E-state index in [2.05, 4.69) is 29.0 Å². The molecule has 76 valence electrons. The zero-order valence-corrected chi connectivity index (χ0v) is 9.28. The second-order valence-electron chi connectivity index (χ2n) is 4.22. The first kappa shape index (κ1) is 9.81. The second-order valence-corrected chi connectivity index (χ2v) is 5.37. The Bertz CT molecular complexity index is 157. The van der Waals surface area contributed by atoms with Gasteiger partial charge in [0, 0.05) is 18.3 Å². The van der Waals surface area contributed by atoms with Gasteiger partial charge in [-0.3, -0.25) is 4.90 Å². The highest BCUT2D eigenvalue weighted by atomic mass is 32.2. The molecule has 0 aliphatic carbocycles. The first-order valence-corrected chi connectivity index (χ1v) is 6.52. The lowest BCUT2D eigenvalue weighted by Gasteiger charge is -2.22. The molecule has 0 spiro atoms. The van der Waals surface area contributed by atoms with Crippen molar-refractivity contribution >= 4 is 11.8 Å². The predicted molar refractivity (Wildman–Crippen MR) is 59.3 cm³/mol. The molecule has 2 saturated heterocycles. The van der Waals surface area contributed by atoms with E-state index >= 15 is 0 Å². The fraction of sp³-hybridized carbons (Fsp3) is 1.00. The Morgan fingerprint density at radius 3 is 3.08 bits per heavy atom.